The minimum Gasteiger partial charge on any atom is -0.438 e. The van der Waals surface area contributed by atoms with Crippen LogP contribution in [0.25, 0.3) is 10.9 Å². The predicted octanol–water partition coefficient (Wildman–Crippen LogP) is 3.64. The first kappa shape index (κ1) is 13.0. The summed E-state index contributed by atoms with van der Waals surface area (Å²) in [6.45, 7) is 1.95. The summed E-state index contributed by atoms with van der Waals surface area (Å²) in [7, 11) is 0. The lowest BCUT2D eigenvalue weighted by Gasteiger charge is -2.08. The van der Waals surface area contributed by atoms with Crippen LogP contribution >= 0.6 is 0 Å². The Balaban J connectivity index is 2.00. The molecule has 0 spiro atoms. The van der Waals surface area contributed by atoms with E-state index in [4.69, 9.17) is 4.74 Å². The van der Waals surface area contributed by atoms with E-state index in [-0.39, 0.29) is 5.69 Å². The van der Waals surface area contributed by atoms with E-state index in [1.54, 1.807) is 12.1 Å². The van der Waals surface area contributed by atoms with Crippen molar-refractivity contribution >= 4 is 16.6 Å². The molecule has 0 radical (unpaired) electrons. The molecule has 0 N–H and O–H groups in total. The number of non-ortho nitro benzene ring substituents is 1. The highest BCUT2D eigenvalue weighted by molar-refractivity contribution is 5.86. The molecule has 0 saturated carbocycles. The van der Waals surface area contributed by atoms with Gasteiger partial charge in [-0.1, -0.05) is 12.1 Å². The van der Waals surface area contributed by atoms with Crippen molar-refractivity contribution in [1.29, 1.82) is 0 Å². The second-order valence-corrected chi connectivity index (χ2v) is 4.50. The van der Waals surface area contributed by atoms with Crippen LogP contribution in [-0.4, -0.2) is 14.9 Å². The van der Waals surface area contributed by atoms with E-state index in [1.807, 2.05) is 25.1 Å². The van der Waals surface area contributed by atoms with Crippen molar-refractivity contribution in [2.75, 3.05) is 0 Å². The number of nitro groups is 1. The molecule has 104 valence electrons. The van der Waals surface area contributed by atoms with E-state index in [9.17, 15) is 10.1 Å². The lowest BCUT2D eigenvalue weighted by molar-refractivity contribution is -0.384. The van der Waals surface area contributed by atoms with Crippen molar-refractivity contribution in [3.8, 4) is 11.6 Å². The van der Waals surface area contributed by atoms with Gasteiger partial charge in [0.25, 0.3) is 5.69 Å². The highest BCUT2D eigenvalue weighted by atomic mass is 16.6. The fourth-order valence-corrected chi connectivity index (χ4v) is 2.07. The molecule has 0 aliphatic heterocycles. The summed E-state index contributed by atoms with van der Waals surface area (Å²) in [5, 5.41) is 11.5. The third-order valence-electron chi connectivity index (χ3n) is 3.10. The van der Waals surface area contributed by atoms with Crippen LogP contribution in [-0.2, 0) is 0 Å². The van der Waals surface area contributed by atoms with Gasteiger partial charge in [0.15, 0.2) is 0 Å². The van der Waals surface area contributed by atoms with Crippen molar-refractivity contribution in [3.63, 3.8) is 0 Å². The molecule has 0 aliphatic rings. The molecule has 0 atom stereocenters. The number of nitro benzene ring substituents is 1. The molecule has 0 saturated heterocycles. The molecule has 3 rings (SSSR count). The van der Waals surface area contributed by atoms with Crippen LogP contribution in [0.15, 0.2) is 48.8 Å². The van der Waals surface area contributed by atoms with Crippen molar-refractivity contribution in [2.24, 2.45) is 0 Å². The van der Waals surface area contributed by atoms with Crippen LogP contribution in [0.1, 0.15) is 5.56 Å². The van der Waals surface area contributed by atoms with Gasteiger partial charge in [-0.05, 0) is 30.7 Å². The Kier molecular flexibility index (Phi) is 3.19. The van der Waals surface area contributed by atoms with Crippen LogP contribution in [0.3, 0.4) is 0 Å². The van der Waals surface area contributed by atoms with Crippen molar-refractivity contribution in [3.05, 3.63) is 64.5 Å². The normalized spacial score (nSPS) is 10.5. The molecule has 1 aromatic heterocycles. The quantitative estimate of drug-likeness (QED) is 0.541. The van der Waals surface area contributed by atoms with Crippen molar-refractivity contribution in [1.82, 2.24) is 9.97 Å². The lowest BCUT2D eigenvalue weighted by atomic mass is 10.1. The van der Waals surface area contributed by atoms with E-state index < -0.39 is 4.92 Å². The summed E-state index contributed by atoms with van der Waals surface area (Å²) in [5.41, 5.74) is 1.82. The average Bonchev–Trinajstić information content (AvgIpc) is 2.48. The molecular formula is C15H11N3O3. The number of aryl methyl sites for hydroxylation is 1. The molecule has 0 bridgehead atoms. The van der Waals surface area contributed by atoms with Crippen LogP contribution in [0.4, 0.5) is 5.69 Å². The van der Waals surface area contributed by atoms with Gasteiger partial charge in [-0.15, -0.1) is 0 Å². The summed E-state index contributed by atoms with van der Waals surface area (Å²) < 4.78 is 5.73. The number of hydrogen-bond donors (Lipinski definition) is 0. The van der Waals surface area contributed by atoms with E-state index >= 15 is 0 Å². The number of hydrogen-bond acceptors (Lipinski definition) is 5. The van der Waals surface area contributed by atoms with E-state index in [2.05, 4.69) is 9.97 Å². The van der Waals surface area contributed by atoms with Gasteiger partial charge >= 0.3 is 0 Å². The summed E-state index contributed by atoms with van der Waals surface area (Å²) in [5.74, 6) is 0.927. The zero-order valence-corrected chi connectivity index (χ0v) is 11.2. The van der Waals surface area contributed by atoms with Crippen LogP contribution in [0, 0.1) is 17.0 Å². The first-order valence-corrected chi connectivity index (χ1v) is 6.28. The Hall–Kier alpha value is -3.02. The SMILES string of the molecule is Cc1cccc2ncnc(Oc3ccc([N+](=O)[O-])cc3)c12. The fourth-order valence-electron chi connectivity index (χ4n) is 2.07. The van der Waals surface area contributed by atoms with Crippen LogP contribution in [0.2, 0.25) is 0 Å². The number of benzene rings is 2. The highest BCUT2D eigenvalue weighted by Crippen LogP contribution is 2.29. The summed E-state index contributed by atoms with van der Waals surface area (Å²) in [6, 6.07) is 11.6. The van der Waals surface area contributed by atoms with Crippen LogP contribution in [0.5, 0.6) is 11.6 Å². The van der Waals surface area contributed by atoms with Gasteiger partial charge in [0, 0.05) is 12.1 Å². The molecule has 0 fully saturated rings. The highest BCUT2D eigenvalue weighted by Gasteiger charge is 2.10. The number of ether oxygens (including phenoxy) is 1. The molecule has 0 amide bonds. The first-order valence-electron chi connectivity index (χ1n) is 6.28. The molecular weight excluding hydrogens is 270 g/mol. The second kappa shape index (κ2) is 5.16. The Morgan fingerprint density at radius 2 is 1.86 bits per heavy atom. The van der Waals surface area contributed by atoms with E-state index in [1.165, 1.54) is 18.5 Å². The first-order chi connectivity index (χ1) is 10.1. The maximum Gasteiger partial charge on any atom is 0.269 e. The molecule has 1 heterocycles. The minimum absolute atomic E-state index is 0.0195. The topological polar surface area (TPSA) is 78.2 Å². The molecule has 6 nitrogen and oxygen atoms in total. The van der Waals surface area contributed by atoms with Gasteiger partial charge in [0.1, 0.15) is 12.1 Å². The number of fused-ring (bicyclic) bond motifs is 1. The summed E-state index contributed by atoms with van der Waals surface area (Å²) >= 11 is 0. The number of aromatic nitrogens is 2. The zero-order valence-electron chi connectivity index (χ0n) is 11.2. The molecule has 0 aliphatic carbocycles. The van der Waals surface area contributed by atoms with Crippen LogP contribution < -0.4 is 4.74 Å². The third kappa shape index (κ3) is 2.51. The molecule has 3 aromatic rings. The Bertz CT molecular complexity index is 811. The monoisotopic (exact) mass is 281 g/mol. The predicted molar refractivity (Wildman–Crippen MR) is 77.4 cm³/mol. The summed E-state index contributed by atoms with van der Waals surface area (Å²) in [6.07, 6.45) is 1.43. The van der Waals surface area contributed by atoms with Crippen molar-refractivity contribution in [2.45, 2.75) is 6.92 Å². The van der Waals surface area contributed by atoms with Gasteiger partial charge < -0.3 is 4.74 Å². The zero-order chi connectivity index (χ0) is 14.8. The second-order valence-electron chi connectivity index (χ2n) is 4.50. The molecule has 2 aromatic carbocycles. The fraction of sp³-hybridized carbons (Fsp3) is 0.0667. The smallest absolute Gasteiger partial charge is 0.269 e. The standard InChI is InChI=1S/C15H11N3O3/c1-10-3-2-4-13-14(10)15(17-9-16-13)21-12-7-5-11(6-8-12)18(19)20/h2-9H,1H3. The maximum atomic E-state index is 10.6. The number of nitrogens with zero attached hydrogens (tertiary/aromatic N) is 3. The molecule has 6 heteroatoms. The Morgan fingerprint density at radius 1 is 1.10 bits per heavy atom. The maximum absolute atomic E-state index is 10.6. The van der Waals surface area contributed by atoms with Gasteiger partial charge in [-0.25, -0.2) is 9.97 Å². The molecule has 0 unspecified atom stereocenters. The Labute approximate surface area is 120 Å². The van der Waals surface area contributed by atoms with Crippen molar-refractivity contribution < 1.29 is 9.66 Å². The lowest BCUT2D eigenvalue weighted by Crippen LogP contribution is -1.93. The largest absolute Gasteiger partial charge is 0.438 e. The molecule has 21 heavy (non-hydrogen) atoms. The Morgan fingerprint density at radius 3 is 2.57 bits per heavy atom. The summed E-state index contributed by atoms with van der Waals surface area (Å²) in [4.78, 5) is 18.5. The van der Waals surface area contributed by atoms with E-state index in [0.29, 0.717) is 11.6 Å². The van der Waals surface area contributed by atoms with Gasteiger partial charge in [0.05, 0.1) is 15.8 Å². The third-order valence-corrected chi connectivity index (χ3v) is 3.10. The average molecular weight is 281 g/mol. The van der Waals surface area contributed by atoms with Gasteiger partial charge in [-0.3, -0.25) is 10.1 Å². The van der Waals surface area contributed by atoms with Gasteiger partial charge in [0.2, 0.25) is 5.88 Å². The van der Waals surface area contributed by atoms with E-state index in [0.717, 1.165) is 16.5 Å². The number of rotatable bonds is 3. The minimum atomic E-state index is -0.450. The van der Waals surface area contributed by atoms with Gasteiger partial charge in [-0.2, -0.15) is 0 Å².